The summed E-state index contributed by atoms with van der Waals surface area (Å²) < 4.78 is 1.01. The second-order valence-electron chi connectivity index (χ2n) is 4.46. The van der Waals surface area contributed by atoms with Gasteiger partial charge in [-0.05, 0) is 57.6 Å². The Morgan fingerprint density at radius 1 is 1.35 bits per heavy atom. The molecule has 5 heteroatoms. The normalized spacial score (nSPS) is 15.5. The van der Waals surface area contributed by atoms with Crippen LogP contribution in [0.1, 0.15) is 16.0 Å². The van der Waals surface area contributed by atoms with Crippen LogP contribution in [0.15, 0.2) is 34.1 Å². The number of aryl methyl sites for hydroxylation is 1. The maximum atomic E-state index is 12.1. The van der Waals surface area contributed by atoms with E-state index in [1.807, 2.05) is 35.7 Å². The molecular weight excluding hydrogens is 358 g/mol. The molecule has 1 aliphatic heterocycles. The molecule has 0 radical (unpaired) electrons. The lowest BCUT2D eigenvalue weighted by molar-refractivity contribution is -0.110. The van der Waals surface area contributed by atoms with Gasteiger partial charge in [0.1, 0.15) is 0 Å². The number of nitrogens with one attached hydrogen (secondary N) is 1. The minimum atomic E-state index is -0.0525. The van der Waals surface area contributed by atoms with Crippen LogP contribution in [0.5, 0.6) is 0 Å². The molecule has 1 amide bonds. The van der Waals surface area contributed by atoms with Crippen LogP contribution in [-0.4, -0.2) is 11.8 Å². The fraction of sp³-hybridized carbons (Fsp3) is 0.133. The SMILES string of the molecule is O=C1Nc2ccc(CCCl)cc2C1=Cc1sccc1Br. The first-order valence-corrected chi connectivity index (χ1v) is 8.35. The lowest BCUT2D eigenvalue weighted by Crippen LogP contribution is -2.03. The Hall–Kier alpha value is -1.10. The van der Waals surface area contributed by atoms with Crippen LogP contribution >= 0.6 is 38.9 Å². The molecule has 0 spiro atoms. The number of anilines is 1. The first kappa shape index (κ1) is 13.9. The molecule has 20 heavy (non-hydrogen) atoms. The molecule has 1 aromatic carbocycles. The van der Waals surface area contributed by atoms with Gasteiger partial charge in [-0.1, -0.05) is 6.07 Å². The number of benzene rings is 1. The van der Waals surface area contributed by atoms with Crippen molar-refractivity contribution in [2.24, 2.45) is 0 Å². The van der Waals surface area contributed by atoms with E-state index in [9.17, 15) is 4.79 Å². The quantitative estimate of drug-likeness (QED) is 0.613. The predicted octanol–water partition coefficient (Wildman–Crippen LogP) is 4.78. The Labute approximate surface area is 134 Å². The number of amides is 1. The molecular formula is C15H11BrClNOS. The van der Waals surface area contributed by atoms with Gasteiger partial charge in [-0.2, -0.15) is 0 Å². The van der Waals surface area contributed by atoms with E-state index in [1.165, 1.54) is 0 Å². The Morgan fingerprint density at radius 3 is 2.90 bits per heavy atom. The molecule has 2 nitrogen and oxygen atoms in total. The Bertz CT molecular complexity index is 708. The number of carbonyl (C=O) groups excluding carboxylic acids is 1. The summed E-state index contributed by atoms with van der Waals surface area (Å²) in [5.74, 6) is 0.527. The van der Waals surface area contributed by atoms with E-state index in [2.05, 4.69) is 21.2 Å². The number of fused-ring (bicyclic) bond motifs is 1. The van der Waals surface area contributed by atoms with Crippen LogP contribution < -0.4 is 5.32 Å². The van der Waals surface area contributed by atoms with E-state index in [0.717, 1.165) is 32.6 Å². The number of rotatable bonds is 3. The highest BCUT2D eigenvalue weighted by Crippen LogP contribution is 2.36. The topological polar surface area (TPSA) is 29.1 Å². The van der Waals surface area contributed by atoms with E-state index in [0.29, 0.717) is 11.5 Å². The summed E-state index contributed by atoms with van der Waals surface area (Å²) in [4.78, 5) is 13.2. The lowest BCUT2D eigenvalue weighted by Gasteiger charge is -2.02. The smallest absolute Gasteiger partial charge is 0.256 e. The zero-order chi connectivity index (χ0) is 14.1. The molecule has 1 aliphatic rings. The largest absolute Gasteiger partial charge is 0.321 e. The first-order valence-electron chi connectivity index (χ1n) is 6.14. The van der Waals surface area contributed by atoms with Crippen molar-refractivity contribution in [3.8, 4) is 0 Å². The van der Waals surface area contributed by atoms with Gasteiger partial charge < -0.3 is 5.32 Å². The van der Waals surface area contributed by atoms with Crippen molar-refractivity contribution in [3.63, 3.8) is 0 Å². The Kier molecular flexibility index (Phi) is 3.96. The van der Waals surface area contributed by atoms with Gasteiger partial charge in [-0.15, -0.1) is 22.9 Å². The van der Waals surface area contributed by atoms with E-state index in [1.54, 1.807) is 11.3 Å². The first-order chi connectivity index (χ1) is 9.69. The van der Waals surface area contributed by atoms with E-state index < -0.39 is 0 Å². The number of thiophene rings is 1. The summed E-state index contributed by atoms with van der Waals surface area (Å²) in [6.45, 7) is 0. The highest BCUT2D eigenvalue weighted by atomic mass is 79.9. The van der Waals surface area contributed by atoms with Gasteiger partial charge in [-0.3, -0.25) is 4.79 Å². The second kappa shape index (κ2) is 5.72. The average molecular weight is 369 g/mol. The second-order valence-corrected chi connectivity index (χ2v) is 6.64. The van der Waals surface area contributed by atoms with Gasteiger partial charge in [0.2, 0.25) is 0 Å². The van der Waals surface area contributed by atoms with Crippen molar-refractivity contribution in [2.45, 2.75) is 6.42 Å². The summed E-state index contributed by atoms with van der Waals surface area (Å²) in [5, 5.41) is 4.89. The highest BCUT2D eigenvalue weighted by Gasteiger charge is 2.24. The number of halogens is 2. The third-order valence-electron chi connectivity index (χ3n) is 3.17. The van der Waals surface area contributed by atoms with Crippen LogP contribution in [0.3, 0.4) is 0 Å². The van der Waals surface area contributed by atoms with Gasteiger partial charge >= 0.3 is 0 Å². The highest BCUT2D eigenvalue weighted by molar-refractivity contribution is 9.10. The minimum Gasteiger partial charge on any atom is -0.321 e. The molecule has 2 heterocycles. The fourth-order valence-electron chi connectivity index (χ4n) is 2.18. The Balaban J connectivity index is 2.06. The Morgan fingerprint density at radius 2 is 2.20 bits per heavy atom. The van der Waals surface area contributed by atoms with Gasteiger partial charge in [-0.25, -0.2) is 0 Å². The van der Waals surface area contributed by atoms with Crippen LogP contribution in [0.4, 0.5) is 5.69 Å². The number of hydrogen-bond donors (Lipinski definition) is 1. The fourth-order valence-corrected chi connectivity index (χ4v) is 3.82. The molecule has 1 aromatic heterocycles. The summed E-state index contributed by atoms with van der Waals surface area (Å²) >= 11 is 10.9. The van der Waals surface area contributed by atoms with Gasteiger partial charge in [0.15, 0.2) is 0 Å². The number of hydrogen-bond acceptors (Lipinski definition) is 2. The molecule has 0 atom stereocenters. The monoisotopic (exact) mass is 367 g/mol. The van der Waals surface area contributed by atoms with Crippen molar-refractivity contribution in [2.75, 3.05) is 11.2 Å². The zero-order valence-electron chi connectivity index (χ0n) is 10.5. The lowest BCUT2D eigenvalue weighted by atomic mass is 10.0. The van der Waals surface area contributed by atoms with Crippen LogP contribution in [-0.2, 0) is 11.2 Å². The molecule has 1 N–H and O–H groups in total. The zero-order valence-corrected chi connectivity index (χ0v) is 13.6. The van der Waals surface area contributed by atoms with Crippen LogP contribution in [0.2, 0.25) is 0 Å². The van der Waals surface area contributed by atoms with Crippen molar-refractivity contribution in [1.82, 2.24) is 0 Å². The summed E-state index contributed by atoms with van der Waals surface area (Å²) in [6, 6.07) is 7.97. The summed E-state index contributed by atoms with van der Waals surface area (Å²) in [5.41, 5.74) is 3.68. The molecule has 0 aliphatic carbocycles. The molecule has 0 fully saturated rings. The van der Waals surface area contributed by atoms with Gasteiger partial charge in [0.25, 0.3) is 5.91 Å². The van der Waals surface area contributed by atoms with Crippen molar-refractivity contribution >= 4 is 62.1 Å². The third-order valence-corrected chi connectivity index (χ3v) is 5.18. The minimum absolute atomic E-state index is 0.0525. The average Bonchev–Trinajstić information content (AvgIpc) is 2.96. The number of carbonyl (C=O) groups is 1. The molecule has 0 bridgehead atoms. The maximum absolute atomic E-state index is 12.1. The maximum Gasteiger partial charge on any atom is 0.256 e. The molecule has 2 aromatic rings. The van der Waals surface area contributed by atoms with E-state index in [-0.39, 0.29) is 5.91 Å². The summed E-state index contributed by atoms with van der Waals surface area (Å²) in [7, 11) is 0. The standard InChI is InChI=1S/C15H11BrClNOS/c16-12-4-6-20-14(12)8-11-10-7-9(3-5-17)1-2-13(10)18-15(11)19/h1-2,4,6-8H,3,5H2,(H,18,19). The van der Waals surface area contributed by atoms with Crippen LogP contribution in [0, 0.1) is 0 Å². The van der Waals surface area contributed by atoms with Crippen LogP contribution in [0.25, 0.3) is 11.6 Å². The van der Waals surface area contributed by atoms with Crippen molar-refractivity contribution < 1.29 is 4.79 Å². The van der Waals surface area contributed by atoms with Crippen molar-refractivity contribution in [3.05, 3.63) is 50.1 Å². The summed E-state index contributed by atoms with van der Waals surface area (Å²) in [6.07, 6.45) is 2.74. The molecule has 102 valence electrons. The van der Waals surface area contributed by atoms with Gasteiger partial charge in [0, 0.05) is 26.5 Å². The third kappa shape index (κ3) is 2.55. The molecule has 0 saturated heterocycles. The van der Waals surface area contributed by atoms with E-state index in [4.69, 9.17) is 11.6 Å². The predicted molar refractivity (Wildman–Crippen MR) is 89.4 cm³/mol. The van der Waals surface area contributed by atoms with Gasteiger partial charge in [0.05, 0.1) is 5.57 Å². The van der Waals surface area contributed by atoms with E-state index >= 15 is 0 Å². The van der Waals surface area contributed by atoms with Crippen molar-refractivity contribution in [1.29, 1.82) is 0 Å². The molecule has 0 unspecified atom stereocenters. The number of alkyl halides is 1. The molecule has 0 saturated carbocycles. The molecule has 3 rings (SSSR count).